The molecule has 2 N–H and O–H groups in total. The molecule has 1 aromatic carbocycles. The third-order valence-corrected chi connectivity index (χ3v) is 2.98. The van der Waals surface area contributed by atoms with Crippen LogP contribution in [0.25, 0.3) is 0 Å². The summed E-state index contributed by atoms with van der Waals surface area (Å²) in [5, 5.41) is 11.5. The van der Waals surface area contributed by atoms with E-state index >= 15 is 0 Å². The fourth-order valence-corrected chi connectivity index (χ4v) is 1.98. The summed E-state index contributed by atoms with van der Waals surface area (Å²) in [6.07, 6.45) is -0.0225. The van der Waals surface area contributed by atoms with E-state index in [0.29, 0.717) is 5.69 Å². The molecule has 0 aromatic heterocycles. The first-order valence-electron chi connectivity index (χ1n) is 5.91. The summed E-state index contributed by atoms with van der Waals surface area (Å²) >= 11 is 0. The van der Waals surface area contributed by atoms with Gasteiger partial charge in [0.1, 0.15) is 6.04 Å². The number of carbonyl (C=O) groups excluding carboxylic acids is 2. The highest BCUT2D eigenvalue weighted by Gasteiger charge is 2.40. The van der Waals surface area contributed by atoms with Gasteiger partial charge in [0.05, 0.1) is 18.2 Å². The van der Waals surface area contributed by atoms with Crippen molar-refractivity contribution in [2.24, 2.45) is 0 Å². The Morgan fingerprint density at radius 3 is 2.58 bits per heavy atom. The van der Waals surface area contributed by atoms with E-state index in [4.69, 9.17) is 5.11 Å². The molecule has 19 heavy (non-hydrogen) atoms. The molecule has 6 heteroatoms. The zero-order valence-electron chi connectivity index (χ0n) is 10.4. The van der Waals surface area contributed by atoms with Gasteiger partial charge in [-0.05, 0) is 19.1 Å². The number of nitrogens with zero attached hydrogens (tertiary/aromatic N) is 1. The molecule has 0 aliphatic carbocycles. The van der Waals surface area contributed by atoms with Crippen molar-refractivity contribution >= 4 is 23.5 Å². The number of hydrogen-bond acceptors (Lipinski definition) is 4. The van der Waals surface area contributed by atoms with Crippen LogP contribution in [0, 0.1) is 0 Å². The number of carboxylic acid groups (broad SMARTS) is 1. The Labute approximate surface area is 110 Å². The van der Waals surface area contributed by atoms with Crippen molar-refractivity contribution in [2.75, 3.05) is 4.90 Å². The van der Waals surface area contributed by atoms with Gasteiger partial charge >= 0.3 is 5.97 Å². The zero-order chi connectivity index (χ0) is 14.0. The maximum absolute atomic E-state index is 12.1. The van der Waals surface area contributed by atoms with Crippen LogP contribution in [0.4, 0.5) is 5.69 Å². The largest absolute Gasteiger partial charge is 0.480 e. The van der Waals surface area contributed by atoms with Crippen LogP contribution in [0.1, 0.15) is 13.3 Å². The van der Waals surface area contributed by atoms with Gasteiger partial charge < -0.3 is 5.11 Å². The molecule has 1 fully saturated rings. The lowest BCUT2D eigenvalue weighted by Crippen LogP contribution is -2.45. The van der Waals surface area contributed by atoms with Crippen LogP contribution in [0.3, 0.4) is 0 Å². The summed E-state index contributed by atoms with van der Waals surface area (Å²) in [5.74, 6) is -1.80. The smallest absolute Gasteiger partial charge is 0.320 e. The summed E-state index contributed by atoms with van der Waals surface area (Å²) < 4.78 is 0. The standard InChI is InChI=1S/C13H14N2O4/c1-8(13(18)19)14-10-7-11(16)15(12(10)17)9-5-3-2-4-6-9/h2-6,8,10,14H,7H2,1H3,(H,18,19)/t8-,10?/m1/s1. The molecule has 1 aliphatic rings. The molecule has 6 nitrogen and oxygen atoms in total. The van der Waals surface area contributed by atoms with Gasteiger partial charge in [-0.25, -0.2) is 4.90 Å². The number of carboxylic acids is 1. The SMILES string of the molecule is C[C@@H](NC1CC(=O)N(c2ccccc2)C1=O)C(=O)O. The van der Waals surface area contributed by atoms with Crippen molar-refractivity contribution in [3.05, 3.63) is 30.3 Å². The molecule has 0 radical (unpaired) electrons. The average Bonchev–Trinajstić information content (AvgIpc) is 2.65. The first-order valence-corrected chi connectivity index (χ1v) is 5.91. The van der Waals surface area contributed by atoms with E-state index in [0.717, 1.165) is 4.90 Å². The van der Waals surface area contributed by atoms with Crippen LogP contribution in [0.5, 0.6) is 0 Å². The van der Waals surface area contributed by atoms with Crippen molar-refractivity contribution in [3.8, 4) is 0 Å². The second kappa shape index (κ2) is 5.19. The Morgan fingerprint density at radius 2 is 2.00 bits per heavy atom. The molecule has 2 rings (SSSR count). The first kappa shape index (κ1) is 13.2. The number of carbonyl (C=O) groups is 3. The molecular weight excluding hydrogens is 248 g/mol. The van der Waals surface area contributed by atoms with Crippen molar-refractivity contribution in [3.63, 3.8) is 0 Å². The van der Waals surface area contributed by atoms with E-state index in [-0.39, 0.29) is 12.3 Å². The average molecular weight is 262 g/mol. The molecule has 0 bridgehead atoms. The summed E-state index contributed by atoms with van der Waals surface area (Å²) in [4.78, 5) is 35.8. The highest BCUT2D eigenvalue weighted by Crippen LogP contribution is 2.22. The fraction of sp³-hybridized carbons (Fsp3) is 0.308. The predicted octanol–water partition coefficient (Wildman–Crippen LogP) is 0.381. The molecule has 2 atom stereocenters. The van der Waals surface area contributed by atoms with Gasteiger partial charge in [0.2, 0.25) is 5.91 Å². The number of anilines is 1. The van der Waals surface area contributed by atoms with Crippen LogP contribution in [0.15, 0.2) is 30.3 Å². The highest BCUT2D eigenvalue weighted by atomic mass is 16.4. The topological polar surface area (TPSA) is 86.7 Å². The van der Waals surface area contributed by atoms with E-state index in [9.17, 15) is 14.4 Å². The number of imide groups is 1. The summed E-state index contributed by atoms with van der Waals surface area (Å²) in [6, 6.07) is 6.93. The zero-order valence-corrected chi connectivity index (χ0v) is 10.4. The number of nitrogens with one attached hydrogen (secondary N) is 1. The lowest BCUT2D eigenvalue weighted by molar-refractivity contribution is -0.139. The minimum atomic E-state index is -1.06. The first-order chi connectivity index (χ1) is 9.00. The minimum absolute atomic E-state index is 0.0225. The Hall–Kier alpha value is -2.21. The van der Waals surface area contributed by atoms with E-state index in [1.807, 2.05) is 0 Å². The van der Waals surface area contributed by atoms with Crippen LogP contribution in [-0.2, 0) is 14.4 Å². The van der Waals surface area contributed by atoms with E-state index in [2.05, 4.69) is 5.32 Å². The second-order valence-electron chi connectivity index (χ2n) is 4.39. The second-order valence-corrected chi connectivity index (χ2v) is 4.39. The number of rotatable bonds is 4. The molecule has 1 aromatic rings. The van der Waals surface area contributed by atoms with Gasteiger partial charge in [0.25, 0.3) is 5.91 Å². The Bertz CT molecular complexity index is 515. The third kappa shape index (κ3) is 2.63. The predicted molar refractivity (Wildman–Crippen MR) is 67.6 cm³/mol. The maximum atomic E-state index is 12.1. The van der Waals surface area contributed by atoms with Gasteiger partial charge in [-0.1, -0.05) is 18.2 Å². The molecule has 2 amide bonds. The number of benzene rings is 1. The van der Waals surface area contributed by atoms with Gasteiger partial charge in [0, 0.05) is 0 Å². The highest BCUT2D eigenvalue weighted by molar-refractivity contribution is 6.22. The molecule has 100 valence electrons. The summed E-state index contributed by atoms with van der Waals surface area (Å²) in [7, 11) is 0. The molecule has 1 aliphatic heterocycles. The van der Waals surface area contributed by atoms with Gasteiger partial charge in [0.15, 0.2) is 0 Å². The number of hydrogen-bond donors (Lipinski definition) is 2. The van der Waals surface area contributed by atoms with E-state index < -0.39 is 24.0 Å². The van der Waals surface area contributed by atoms with E-state index in [1.54, 1.807) is 30.3 Å². The number of para-hydroxylation sites is 1. The molecule has 1 saturated heterocycles. The van der Waals surface area contributed by atoms with E-state index in [1.165, 1.54) is 6.92 Å². The van der Waals surface area contributed by atoms with Crippen LogP contribution < -0.4 is 10.2 Å². The minimum Gasteiger partial charge on any atom is -0.480 e. The van der Waals surface area contributed by atoms with Gasteiger partial charge in [-0.15, -0.1) is 0 Å². The lowest BCUT2D eigenvalue weighted by Gasteiger charge is -2.16. The Kier molecular flexibility index (Phi) is 3.62. The Morgan fingerprint density at radius 1 is 1.37 bits per heavy atom. The molecule has 0 spiro atoms. The summed E-state index contributed by atoms with van der Waals surface area (Å²) in [6.45, 7) is 1.44. The maximum Gasteiger partial charge on any atom is 0.320 e. The monoisotopic (exact) mass is 262 g/mol. The van der Waals surface area contributed by atoms with Crippen molar-refractivity contribution in [1.29, 1.82) is 0 Å². The van der Waals surface area contributed by atoms with Crippen LogP contribution >= 0.6 is 0 Å². The molecular formula is C13H14N2O4. The van der Waals surface area contributed by atoms with Gasteiger partial charge in [-0.3, -0.25) is 19.7 Å². The van der Waals surface area contributed by atoms with Crippen LogP contribution in [0.2, 0.25) is 0 Å². The third-order valence-electron chi connectivity index (χ3n) is 2.98. The Balaban J connectivity index is 2.15. The molecule has 0 saturated carbocycles. The number of amides is 2. The van der Waals surface area contributed by atoms with Crippen molar-refractivity contribution in [2.45, 2.75) is 25.4 Å². The van der Waals surface area contributed by atoms with Crippen molar-refractivity contribution < 1.29 is 19.5 Å². The fourth-order valence-electron chi connectivity index (χ4n) is 1.98. The normalized spacial score (nSPS) is 20.7. The van der Waals surface area contributed by atoms with Crippen LogP contribution in [-0.4, -0.2) is 35.0 Å². The van der Waals surface area contributed by atoms with Gasteiger partial charge in [-0.2, -0.15) is 0 Å². The lowest BCUT2D eigenvalue weighted by atomic mass is 10.2. The molecule has 1 heterocycles. The quantitative estimate of drug-likeness (QED) is 0.766. The number of aliphatic carboxylic acids is 1. The van der Waals surface area contributed by atoms with Crippen molar-refractivity contribution in [1.82, 2.24) is 5.32 Å². The summed E-state index contributed by atoms with van der Waals surface area (Å²) in [5.41, 5.74) is 0.504. The molecule has 1 unspecified atom stereocenters.